The molecule has 0 bridgehead atoms. The molecule has 0 aliphatic carbocycles. The average molecular weight is 494 g/mol. The van der Waals surface area contributed by atoms with E-state index in [2.05, 4.69) is 91.5 Å². The lowest BCUT2D eigenvalue weighted by Gasteiger charge is -2.42. The number of hydrogen-bond donors (Lipinski definition) is 0. The molecule has 0 saturated carbocycles. The molecule has 0 saturated heterocycles. The van der Waals surface area contributed by atoms with Crippen molar-refractivity contribution in [1.29, 1.82) is 0 Å². The first-order valence-corrected chi connectivity index (χ1v) is 13.0. The summed E-state index contributed by atoms with van der Waals surface area (Å²) in [4.78, 5) is 15.5. The molecule has 0 atom stereocenters. The first-order chi connectivity index (χ1) is 18.4. The zero-order valence-electron chi connectivity index (χ0n) is 21.7. The molecule has 5 aromatic carbocycles. The highest BCUT2D eigenvalue weighted by Crippen LogP contribution is 2.51. The molecular weight excluding hydrogens is 466 g/mol. The van der Waals surface area contributed by atoms with E-state index in [4.69, 9.17) is 4.42 Å². The van der Waals surface area contributed by atoms with Gasteiger partial charge in [0, 0.05) is 11.1 Å². The van der Waals surface area contributed by atoms with Gasteiger partial charge in [0.05, 0.1) is 22.1 Å². The Kier molecular flexibility index (Phi) is 4.86. The minimum absolute atomic E-state index is 0.0200. The van der Waals surface area contributed by atoms with Crippen LogP contribution in [-0.2, 0) is 5.41 Å². The first kappa shape index (κ1) is 22.6. The van der Waals surface area contributed by atoms with Gasteiger partial charge in [-0.15, -0.1) is 0 Å². The van der Waals surface area contributed by atoms with Crippen LogP contribution in [0.15, 0.2) is 118 Å². The largest absolute Gasteiger partial charge is 0.456 e. The van der Waals surface area contributed by atoms with Crippen LogP contribution >= 0.6 is 0 Å². The number of aryl methyl sites for hydroxylation is 1. The van der Waals surface area contributed by atoms with Crippen molar-refractivity contribution in [3.8, 4) is 11.1 Å². The molecule has 6 aromatic rings. The molecule has 3 nitrogen and oxygen atoms in total. The van der Waals surface area contributed by atoms with Crippen molar-refractivity contribution >= 4 is 39.0 Å². The molecule has 184 valence electrons. The van der Waals surface area contributed by atoms with Gasteiger partial charge in [0.2, 0.25) is 5.43 Å². The van der Waals surface area contributed by atoms with Gasteiger partial charge >= 0.3 is 0 Å². The van der Waals surface area contributed by atoms with E-state index < -0.39 is 0 Å². The highest BCUT2D eigenvalue weighted by atomic mass is 16.3. The van der Waals surface area contributed by atoms with Crippen LogP contribution in [0.25, 0.3) is 33.1 Å². The molecule has 3 heteroatoms. The van der Waals surface area contributed by atoms with Crippen molar-refractivity contribution in [2.24, 2.45) is 0 Å². The topological polar surface area (TPSA) is 33.5 Å². The zero-order valence-corrected chi connectivity index (χ0v) is 21.7. The van der Waals surface area contributed by atoms with E-state index in [0.717, 1.165) is 22.4 Å². The fourth-order valence-electron chi connectivity index (χ4n) is 5.99. The normalized spacial score (nSPS) is 13.9. The molecule has 1 aliphatic heterocycles. The number of para-hydroxylation sites is 2. The van der Waals surface area contributed by atoms with E-state index in [1.807, 2.05) is 43.3 Å². The molecule has 38 heavy (non-hydrogen) atoms. The maximum absolute atomic E-state index is 13.2. The Bertz CT molecular complexity index is 1880. The molecular formula is C35H27NO2. The van der Waals surface area contributed by atoms with Gasteiger partial charge in [0.1, 0.15) is 11.2 Å². The van der Waals surface area contributed by atoms with E-state index in [1.165, 1.54) is 22.5 Å². The lowest BCUT2D eigenvalue weighted by molar-refractivity contribution is 0.632. The van der Waals surface area contributed by atoms with Gasteiger partial charge in [-0.3, -0.25) is 4.79 Å². The van der Waals surface area contributed by atoms with Gasteiger partial charge in [-0.25, -0.2) is 0 Å². The number of hydrogen-bond acceptors (Lipinski definition) is 3. The second-order valence-corrected chi connectivity index (χ2v) is 10.6. The van der Waals surface area contributed by atoms with Crippen LogP contribution < -0.4 is 10.3 Å². The number of nitrogens with zero attached hydrogens (tertiary/aromatic N) is 1. The molecule has 0 radical (unpaired) electrons. The first-order valence-electron chi connectivity index (χ1n) is 13.0. The summed E-state index contributed by atoms with van der Waals surface area (Å²) in [5, 5.41) is 1.26. The molecule has 7 rings (SSSR count). The second kappa shape index (κ2) is 8.19. The van der Waals surface area contributed by atoms with E-state index >= 15 is 0 Å². The molecule has 1 aliphatic rings. The highest BCUT2D eigenvalue weighted by Gasteiger charge is 2.36. The minimum Gasteiger partial charge on any atom is -0.456 e. The predicted octanol–water partition coefficient (Wildman–Crippen LogP) is 9.03. The van der Waals surface area contributed by atoms with Crippen molar-refractivity contribution in [1.82, 2.24) is 0 Å². The van der Waals surface area contributed by atoms with Crippen molar-refractivity contribution in [2.45, 2.75) is 26.2 Å². The third kappa shape index (κ3) is 3.25. The SMILES string of the molecule is Cc1cccc2oc3cc(-c4ccc(N5c6ccccc6C(C)(C)c6ccccc65)cc4)ccc3c(=O)c12. The van der Waals surface area contributed by atoms with Gasteiger partial charge in [0.25, 0.3) is 0 Å². The van der Waals surface area contributed by atoms with Crippen LogP contribution in [0.2, 0.25) is 0 Å². The summed E-state index contributed by atoms with van der Waals surface area (Å²) in [7, 11) is 0. The summed E-state index contributed by atoms with van der Waals surface area (Å²) in [5.41, 5.74) is 10.3. The molecule has 0 amide bonds. The van der Waals surface area contributed by atoms with Crippen LogP contribution in [0, 0.1) is 6.92 Å². The molecule has 1 aromatic heterocycles. The summed E-state index contributed by atoms with van der Waals surface area (Å²) < 4.78 is 6.18. The lowest BCUT2D eigenvalue weighted by atomic mass is 9.73. The smallest absolute Gasteiger partial charge is 0.200 e. The standard InChI is InChI=1S/C35H27NO2/c1-22-9-8-14-31-33(22)34(37)26-20-17-24(21-32(26)38-31)23-15-18-25(19-16-23)36-29-12-6-4-10-27(29)35(2,3)28-11-5-7-13-30(28)36/h4-21H,1-3H3. The fraction of sp³-hybridized carbons (Fsp3) is 0.114. The summed E-state index contributed by atoms with van der Waals surface area (Å²) >= 11 is 0. The van der Waals surface area contributed by atoms with Crippen molar-refractivity contribution in [2.75, 3.05) is 4.90 Å². The van der Waals surface area contributed by atoms with Gasteiger partial charge in [-0.2, -0.15) is 0 Å². The van der Waals surface area contributed by atoms with Crippen LogP contribution in [-0.4, -0.2) is 0 Å². The molecule has 0 unspecified atom stereocenters. The van der Waals surface area contributed by atoms with Gasteiger partial charge in [-0.05, 0) is 77.2 Å². The van der Waals surface area contributed by atoms with E-state index in [9.17, 15) is 4.79 Å². The molecule has 2 heterocycles. The average Bonchev–Trinajstić information content (AvgIpc) is 2.93. The minimum atomic E-state index is -0.0820. The van der Waals surface area contributed by atoms with Gasteiger partial charge in [-0.1, -0.05) is 80.6 Å². The Labute approximate surface area is 221 Å². The highest BCUT2D eigenvalue weighted by molar-refractivity contribution is 5.93. The van der Waals surface area contributed by atoms with E-state index in [-0.39, 0.29) is 10.8 Å². The van der Waals surface area contributed by atoms with Crippen molar-refractivity contribution in [3.05, 3.63) is 136 Å². The zero-order chi connectivity index (χ0) is 26.0. The molecule has 0 spiro atoms. The maximum atomic E-state index is 13.2. The third-order valence-corrected chi connectivity index (χ3v) is 8.00. The number of benzene rings is 5. The quantitative estimate of drug-likeness (QED) is 0.226. The van der Waals surface area contributed by atoms with E-state index in [0.29, 0.717) is 21.9 Å². The lowest BCUT2D eigenvalue weighted by Crippen LogP contribution is -2.30. The Hall–Kier alpha value is -4.63. The van der Waals surface area contributed by atoms with Crippen LogP contribution in [0.5, 0.6) is 0 Å². The van der Waals surface area contributed by atoms with Crippen molar-refractivity contribution < 1.29 is 4.42 Å². The van der Waals surface area contributed by atoms with Crippen LogP contribution in [0.3, 0.4) is 0 Å². The Morgan fingerprint density at radius 2 is 1.29 bits per heavy atom. The number of anilines is 3. The number of rotatable bonds is 2. The van der Waals surface area contributed by atoms with Crippen LogP contribution in [0.1, 0.15) is 30.5 Å². The Morgan fingerprint density at radius 3 is 1.97 bits per heavy atom. The Morgan fingerprint density at radius 1 is 0.658 bits per heavy atom. The van der Waals surface area contributed by atoms with Crippen LogP contribution in [0.4, 0.5) is 17.1 Å². The summed E-state index contributed by atoms with van der Waals surface area (Å²) in [6.45, 7) is 6.54. The van der Waals surface area contributed by atoms with Gasteiger partial charge in [0.15, 0.2) is 0 Å². The number of fused-ring (bicyclic) bond motifs is 4. The summed E-state index contributed by atoms with van der Waals surface area (Å²) in [5.74, 6) is 0. The Balaban J connectivity index is 1.33. The third-order valence-electron chi connectivity index (χ3n) is 8.00. The van der Waals surface area contributed by atoms with E-state index in [1.54, 1.807) is 0 Å². The van der Waals surface area contributed by atoms with Crippen molar-refractivity contribution in [3.63, 3.8) is 0 Å². The summed E-state index contributed by atoms with van der Waals surface area (Å²) in [6, 6.07) is 37.6. The summed E-state index contributed by atoms with van der Waals surface area (Å²) in [6.07, 6.45) is 0. The maximum Gasteiger partial charge on any atom is 0.200 e. The van der Waals surface area contributed by atoms with Gasteiger partial charge < -0.3 is 9.32 Å². The fourth-order valence-corrected chi connectivity index (χ4v) is 5.99. The molecule has 0 fully saturated rings. The monoisotopic (exact) mass is 493 g/mol. The second-order valence-electron chi connectivity index (χ2n) is 10.6. The molecule has 0 N–H and O–H groups in total. The predicted molar refractivity (Wildman–Crippen MR) is 157 cm³/mol.